The Morgan fingerprint density at radius 1 is 1.27 bits per heavy atom. The largest absolute Gasteiger partial charge is 0.390 e. The lowest BCUT2D eigenvalue weighted by atomic mass is 9.98. The molecular weight excluding hydrogens is 190 g/mol. The molecule has 2 atom stereocenters. The number of aliphatic hydroxyl groups is 1. The fourth-order valence-corrected chi connectivity index (χ4v) is 2.66. The first-order valence-corrected chi connectivity index (χ1v) is 6.22. The van der Waals surface area contributed by atoms with E-state index in [4.69, 9.17) is 4.74 Å². The summed E-state index contributed by atoms with van der Waals surface area (Å²) in [5.74, 6) is 0. The second kappa shape index (κ2) is 4.81. The van der Waals surface area contributed by atoms with Gasteiger partial charge in [0.2, 0.25) is 0 Å². The third kappa shape index (κ3) is 3.16. The Morgan fingerprint density at radius 2 is 2.13 bits per heavy atom. The Balaban J connectivity index is 1.87. The van der Waals surface area contributed by atoms with E-state index < -0.39 is 5.60 Å². The summed E-state index contributed by atoms with van der Waals surface area (Å²) in [6.07, 6.45) is 5.42. The van der Waals surface area contributed by atoms with Crippen LogP contribution in [0.2, 0.25) is 0 Å². The van der Waals surface area contributed by atoms with Gasteiger partial charge in [0.15, 0.2) is 0 Å². The Hall–Kier alpha value is -0.120. The van der Waals surface area contributed by atoms with Crippen LogP contribution in [0.15, 0.2) is 0 Å². The highest BCUT2D eigenvalue weighted by Crippen LogP contribution is 2.24. The van der Waals surface area contributed by atoms with Crippen molar-refractivity contribution in [1.29, 1.82) is 0 Å². The van der Waals surface area contributed by atoms with Gasteiger partial charge in [0, 0.05) is 19.2 Å². The lowest BCUT2D eigenvalue weighted by Gasteiger charge is -2.33. The number of rotatable bonds is 1. The molecule has 2 unspecified atom stereocenters. The van der Waals surface area contributed by atoms with Gasteiger partial charge in [0.25, 0.3) is 0 Å². The molecule has 1 N–H and O–H groups in total. The number of likely N-dealkylation sites (tertiary alicyclic amines) is 1. The van der Waals surface area contributed by atoms with Gasteiger partial charge < -0.3 is 9.84 Å². The van der Waals surface area contributed by atoms with Crippen molar-refractivity contribution in [2.45, 2.75) is 50.7 Å². The fraction of sp³-hybridized carbons (Fsp3) is 1.00. The molecule has 0 aromatic rings. The third-order valence-corrected chi connectivity index (χ3v) is 3.75. The minimum Gasteiger partial charge on any atom is -0.390 e. The van der Waals surface area contributed by atoms with Crippen molar-refractivity contribution >= 4 is 0 Å². The van der Waals surface area contributed by atoms with Gasteiger partial charge in [-0.3, -0.25) is 4.90 Å². The van der Waals surface area contributed by atoms with Gasteiger partial charge in [-0.05, 0) is 45.6 Å². The number of nitrogens with zero attached hydrogens (tertiary/aromatic N) is 1. The van der Waals surface area contributed by atoms with Crippen molar-refractivity contribution in [2.75, 3.05) is 26.3 Å². The summed E-state index contributed by atoms with van der Waals surface area (Å²) in [5.41, 5.74) is -0.440. The molecule has 3 heteroatoms. The molecule has 2 heterocycles. The molecule has 0 aromatic heterocycles. The van der Waals surface area contributed by atoms with Crippen LogP contribution < -0.4 is 0 Å². The average Bonchev–Trinajstić information content (AvgIpc) is 2.41. The summed E-state index contributed by atoms with van der Waals surface area (Å²) in [7, 11) is 0. The molecular formula is C12H23NO2. The molecule has 0 saturated carbocycles. The van der Waals surface area contributed by atoms with Crippen molar-refractivity contribution < 1.29 is 9.84 Å². The maximum atomic E-state index is 10.0. The van der Waals surface area contributed by atoms with Gasteiger partial charge in [0.1, 0.15) is 0 Å². The van der Waals surface area contributed by atoms with Crippen LogP contribution in [0.3, 0.4) is 0 Å². The first-order valence-electron chi connectivity index (χ1n) is 6.22. The van der Waals surface area contributed by atoms with E-state index in [2.05, 4.69) is 4.90 Å². The second-order valence-electron chi connectivity index (χ2n) is 5.26. The van der Waals surface area contributed by atoms with Gasteiger partial charge in [0.05, 0.1) is 12.2 Å². The van der Waals surface area contributed by atoms with E-state index in [1.165, 1.54) is 12.8 Å². The quantitative estimate of drug-likeness (QED) is 0.714. The van der Waals surface area contributed by atoms with Crippen LogP contribution in [0.1, 0.15) is 39.0 Å². The Labute approximate surface area is 92.4 Å². The average molecular weight is 213 g/mol. The van der Waals surface area contributed by atoms with Gasteiger partial charge in [-0.1, -0.05) is 0 Å². The SMILES string of the molecule is CC1(O)CCCN(C2CCCOC2)CC1. The third-order valence-electron chi connectivity index (χ3n) is 3.75. The zero-order valence-electron chi connectivity index (χ0n) is 9.74. The monoisotopic (exact) mass is 213 g/mol. The summed E-state index contributed by atoms with van der Waals surface area (Å²) in [4.78, 5) is 2.51. The van der Waals surface area contributed by atoms with E-state index in [0.717, 1.165) is 45.6 Å². The van der Waals surface area contributed by atoms with Gasteiger partial charge in [-0.15, -0.1) is 0 Å². The normalized spacial score (nSPS) is 40.0. The van der Waals surface area contributed by atoms with E-state index in [0.29, 0.717) is 6.04 Å². The summed E-state index contributed by atoms with van der Waals surface area (Å²) >= 11 is 0. The number of hydrogen-bond donors (Lipinski definition) is 1. The number of hydrogen-bond acceptors (Lipinski definition) is 3. The Morgan fingerprint density at radius 3 is 2.87 bits per heavy atom. The zero-order valence-corrected chi connectivity index (χ0v) is 9.74. The van der Waals surface area contributed by atoms with Crippen molar-refractivity contribution in [3.63, 3.8) is 0 Å². The summed E-state index contributed by atoms with van der Waals surface area (Å²) in [6, 6.07) is 0.604. The van der Waals surface area contributed by atoms with E-state index in [1.54, 1.807) is 0 Å². The van der Waals surface area contributed by atoms with Gasteiger partial charge in [-0.25, -0.2) is 0 Å². The molecule has 0 bridgehead atoms. The fourth-order valence-electron chi connectivity index (χ4n) is 2.66. The van der Waals surface area contributed by atoms with Gasteiger partial charge >= 0.3 is 0 Å². The van der Waals surface area contributed by atoms with Crippen molar-refractivity contribution in [3.05, 3.63) is 0 Å². The van der Waals surface area contributed by atoms with Gasteiger partial charge in [-0.2, -0.15) is 0 Å². The second-order valence-corrected chi connectivity index (χ2v) is 5.26. The van der Waals surface area contributed by atoms with Crippen LogP contribution in [-0.4, -0.2) is 48.0 Å². The van der Waals surface area contributed by atoms with E-state index in [1.807, 2.05) is 6.92 Å². The van der Waals surface area contributed by atoms with Crippen molar-refractivity contribution in [3.8, 4) is 0 Å². The van der Waals surface area contributed by atoms with Crippen LogP contribution >= 0.6 is 0 Å². The Bertz CT molecular complexity index is 200. The molecule has 88 valence electrons. The molecule has 0 radical (unpaired) electrons. The molecule has 15 heavy (non-hydrogen) atoms. The van der Waals surface area contributed by atoms with Crippen LogP contribution in [0, 0.1) is 0 Å². The minimum absolute atomic E-state index is 0.440. The summed E-state index contributed by atoms with van der Waals surface area (Å²) in [5, 5.41) is 10.0. The molecule has 2 aliphatic rings. The molecule has 0 amide bonds. The highest BCUT2D eigenvalue weighted by Gasteiger charge is 2.29. The van der Waals surface area contributed by atoms with E-state index in [9.17, 15) is 5.11 Å². The number of ether oxygens (including phenoxy) is 1. The lowest BCUT2D eigenvalue weighted by Crippen LogP contribution is -2.42. The van der Waals surface area contributed by atoms with E-state index in [-0.39, 0.29) is 0 Å². The van der Waals surface area contributed by atoms with Crippen molar-refractivity contribution in [2.24, 2.45) is 0 Å². The Kier molecular flexibility index (Phi) is 3.65. The minimum atomic E-state index is -0.440. The highest BCUT2D eigenvalue weighted by atomic mass is 16.5. The topological polar surface area (TPSA) is 32.7 Å². The summed E-state index contributed by atoms with van der Waals surface area (Å²) < 4.78 is 5.52. The first-order chi connectivity index (χ1) is 7.17. The van der Waals surface area contributed by atoms with Crippen LogP contribution in [0.5, 0.6) is 0 Å². The van der Waals surface area contributed by atoms with Crippen LogP contribution in [-0.2, 0) is 4.74 Å². The lowest BCUT2D eigenvalue weighted by molar-refractivity contribution is 0.0112. The van der Waals surface area contributed by atoms with Crippen LogP contribution in [0.4, 0.5) is 0 Å². The maximum Gasteiger partial charge on any atom is 0.0632 e. The molecule has 2 saturated heterocycles. The zero-order chi connectivity index (χ0) is 10.7. The summed E-state index contributed by atoms with van der Waals surface area (Å²) in [6.45, 7) is 5.95. The molecule has 2 fully saturated rings. The standard InChI is InChI=1S/C12H23NO2/c1-12(14)5-3-7-13(8-6-12)11-4-2-9-15-10-11/h11,14H,2-10H2,1H3. The predicted molar refractivity (Wildman–Crippen MR) is 59.9 cm³/mol. The smallest absolute Gasteiger partial charge is 0.0632 e. The van der Waals surface area contributed by atoms with E-state index >= 15 is 0 Å². The first kappa shape index (κ1) is 11.4. The predicted octanol–water partition coefficient (Wildman–Crippen LogP) is 1.40. The molecule has 0 spiro atoms. The van der Waals surface area contributed by atoms with Crippen molar-refractivity contribution in [1.82, 2.24) is 4.90 Å². The maximum absolute atomic E-state index is 10.0. The molecule has 0 aliphatic carbocycles. The van der Waals surface area contributed by atoms with Crippen LogP contribution in [0.25, 0.3) is 0 Å². The molecule has 2 aliphatic heterocycles. The highest BCUT2D eigenvalue weighted by molar-refractivity contribution is 4.83. The molecule has 2 rings (SSSR count). The molecule has 0 aromatic carbocycles. The molecule has 3 nitrogen and oxygen atoms in total.